The lowest BCUT2D eigenvalue weighted by Crippen LogP contribution is -2.12. The zero-order valence-corrected chi connectivity index (χ0v) is 10.9. The summed E-state index contributed by atoms with van der Waals surface area (Å²) >= 11 is 1.88. The molecule has 0 bridgehead atoms. The molecule has 7 heteroatoms. The van der Waals surface area contributed by atoms with Crippen LogP contribution in [-0.2, 0) is 0 Å². The van der Waals surface area contributed by atoms with Gasteiger partial charge in [0.1, 0.15) is 11.6 Å². The molecule has 0 aromatic carbocycles. The molecule has 6 N–H and O–H groups in total. The van der Waals surface area contributed by atoms with Gasteiger partial charge in [-0.25, -0.2) is 5.84 Å². The molecular formula is C10H20N6S. The number of anilines is 3. The van der Waals surface area contributed by atoms with Crippen molar-refractivity contribution in [3.63, 3.8) is 0 Å². The fraction of sp³-hybridized carbons (Fsp3) is 0.600. The van der Waals surface area contributed by atoms with Gasteiger partial charge in [-0.3, -0.25) is 0 Å². The van der Waals surface area contributed by atoms with Crippen LogP contribution in [0.5, 0.6) is 0 Å². The minimum absolute atomic E-state index is 0.213. The number of nitrogens with two attached hydrogens (primary N) is 2. The van der Waals surface area contributed by atoms with Crippen LogP contribution in [0.1, 0.15) is 19.3 Å². The molecule has 0 atom stereocenters. The standard InChI is InChI=1S/C10H20N6S/c1-17-6-4-2-3-5-13-8-7-9(16-12)15-10(11)14-8/h7H,2-6,12H2,1H3,(H4,11,13,14,15,16). The first kappa shape index (κ1) is 13.9. The van der Waals surface area contributed by atoms with Crippen molar-refractivity contribution in [2.45, 2.75) is 19.3 Å². The van der Waals surface area contributed by atoms with Gasteiger partial charge in [-0.2, -0.15) is 21.7 Å². The monoisotopic (exact) mass is 256 g/mol. The number of rotatable bonds is 8. The summed E-state index contributed by atoms with van der Waals surface area (Å²) in [5.41, 5.74) is 8.00. The number of unbranched alkanes of at least 4 members (excludes halogenated alkanes) is 2. The smallest absolute Gasteiger partial charge is 0.223 e. The molecule has 0 radical (unpaired) electrons. The molecule has 17 heavy (non-hydrogen) atoms. The van der Waals surface area contributed by atoms with Gasteiger partial charge in [0.25, 0.3) is 0 Å². The highest BCUT2D eigenvalue weighted by atomic mass is 32.2. The van der Waals surface area contributed by atoms with Crippen molar-refractivity contribution in [2.75, 3.05) is 35.0 Å². The Balaban J connectivity index is 2.28. The van der Waals surface area contributed by atoms with Crippen LogP contribution in [0.2, 0.25) is 0 Å². The van der Waals surface area contributed by atoms with Crippen LogP contribution < -0.4 is 22.3 Å². The van der Waals surface area contributed by atoms with Gasteiger partial charge in [0.15, 0.2) is 0 Å². The van der Waals surface area contributed by atoms with Crippen molar-refractivity contribution in [3.8, 4) is 0 Å². The van der Waals surface area contributed by atoms with Crippen molar-refractivity contribution in [1.29, 1.82) is 0 Å². The summed E-state index contributed by atoms with van der Waals surface area (Å²) in [5.74, 6) is 7.93. The Labute approximate surface area is 106 Å². The number of hydrazine groups is 1. The molecular weight excluding hydrogens is 236 g/mol. The van der Waals surface area contributed by atoms with Crippen molar-refractivity contribution in [1.82, 2.24) is 9.97 Å². The summed E-state index contributed by atoms with van der Waals surface area (Å²) in [6.07, 6.45) is 5.72. The fourth-order valence-electron chi connectivity index (χ4n) is 1.40. The Hall–Kier alpha value is -1.21. The average Bonchev–Trinajstić information content (AvgIpc) is 2.33. The van der Waals surface area contributed by atoms with Gasteiger partial charge in [-0.1, -0.05) is 6.42 Å². The number of hydrogen-bond donors (Lipinski definition) is 4. The molecule has 0 amide bonds. The van der Waals surface area contributed by atoms with Crippen LogP contribution in [0.4, 0.5) is 17.6 Å². The van der Waals surface area contributed by atoms with E-state index < -0.39 is 0 Å². The zero-order chi connectivity index (χ0) is 12.5. The van der Waals surface area contributed by atoms with Gasteiger partial charge in [0, 0.05) is 12.6 Å². The maximum Gasteiger partial charge on any atom is 0.223 e. The summed E-state index contributed by atoms with van der Waals surface area (Å²) in [4.78, 5) is 7.98. The van der Waals surface area contributed by atoms with Gasteiger partial charge >= 0.3 is 0 Å². The van der Waals surface area contributed by atoms with E-state index in [1.165, 1.54) is 18.6 Å². The average molecular weight is 256 g/mol. The summed E-state index contributed by atoms with van der Waals surface area (Å²) in [6.45, 7) is 0.884. The number of aromatic nitrogens is 2. The minimum atomic E-state index is 0.213. The normalized spacial score (nSPS) is 10.2. The van der Waals surface area contributed by atoms with E-state index in [1.807, 2.05) is 11.8 Å². The van der Waals surface area contributed by atoms with Gasteiger partial charge in [0.05, 0.1) is 0 Å². The Morgan fingerprint density at radius 3 is 2.71 bits per heavy atom. The fourth-order valence-corrected chi connectivity index (χ4v) is 1.89. The van der Waals surface area contributed by atoms with Crippen molar-refractivity contribution >= 4 is 29.3 Å². The van der Waals surface area contributed by atoms with Crippen LogP contribution in [-0.4, -0.2) is 28.5 Å². The Morgan fingerprint density at radius 2 is 2.00 bits per heavy atom. The Kier molecular flexibility index (Phi) is 6.49. The molecule has 1 aromatic heterocycles. The zero-order valence-electron chi connectivity index (χ0n) is 10.1. The van der Waals surface area contributed by atoms with Gasteiger partial charge in [-0.15, -0.1) is 0 Å². The van der Waals surface area contributed by atoms with E-state index in [1.54, 1.807) is 6.07 Å². The number of nitrogens with zero attached hydrogens (tertiary/aromatic N) is 2. The van der Waals surface area contributed by atoms with Gasteiger partial charge < -0.3 is 16.5 Å². The van der Waals surface area contributed by atoms with E-state index >= 15 is 0 Å². The van der Waals surface area contributed by atoms with E-state index in [0.29, 0.717) is 11.6 Å². The van der Waals surface area contributed by atoms with Crippen LogP contribution >= 0.6 is 11.8 Å². The first-order valence-corrected chi connectivity index (χ1v) is 6.99. The summed E-state index contributed by atoms with van der Waals surface area (Å²) in [7, 11) is 0. The molecule has 6 nitrogen and oxygen atoms in total. The number of hydrogen-bond acceptors (Lipinski definition) is 7. The van der Waals surface area contributed by atoms with E-state index in [9.17, 15) is 0 Å². The summed E-state index contributed by atoms with van der Waals surface area (Å²) in [5, 5.41) is 3.20. The minimum Gasteiger partial charge on any atom is -0.370 e. The molecule has 0 saturated heterocycles. The van der Waals surface area contributed by atoms with E-state index in [2.05, 4.69) is 27.0 Å². The lowest BCUT2D eigenvalue weighted by molar-refractivity contribution is 0.748. The molecule has 0 fully saturated rings. The van der Waals surface area contributed by atoms with E-state index in [0.717, 1.165) is 13.0 Å². The summed E-state index contributed by atoms with van der Waals surface area (Å²) < 4.78 is 0. The molecule has 0 saturated carbocycles. The predicted octanol–water partition coefficient (Wildman–Crippen LogP) is 1.29. The molecule has 1 aromatic rings. The molecule has 1 heterocycles. The van der Waals surface area contributed by atoms with Crippen LogP contribution in [0.25, 0.3) is 0 Å². The van der Waals surface area contributed by atoms with Gasteiger partial charge in [0.2, 0.25) is 5.95 Å². The highest BCUT2D eigenvalue weighted by Gasteiger charge is 2.00. The van der Waals surface area contributed by atoms with Crippen molar-refractivity contribution in [3.05, 3.63) is 6.07 Å². The second-order valence-corrected chi connectivity index (χ2v) is 4.61. The predicted molar refractivity (Wildman–Crippen MR) is 75.0 cm³/mol. The molecule has 0 spiro atoms. The van der Waals surface area contributed by atoms with Crippen LogP contribution in [0.15, 0.2) is 6.07 Å². The number of nitrogen functional groups attached to an aromatic ring is 2. The molecule has 0 unspecified atom stereocenters. The van der Waals surface area contributed by atoms with Crippen molar-refractivity contribution < 1.29 is 0 Å². The SMILES string of the molecule is CSCCCCCNc1cc(NN)nc(N)n1. The maximum absolute atomic E-state index is 5.54. The molecule has 96 valence electrons. The topological polar surface area (TPSA) is 102 Å². The Morgan fingerprint density at radius 1 is 1.24 bits per heavy atom. The second kappa shape index (κ2) is 7.97. The van der Waals surface area contributed by atoms with Crippen LogP contribution in [0.3, 0.4) is 0 Å². The molecule has 0 aliphatic rings. The van der Waals surface area contributed by atoms with E-state index in [4.69, 9.17) is 11.6 Å². The lowest BCUT2D eigenvalue weighted by Gasteiger charge is -2.07. The third-order valence-corrected chi connectivity index (χ3v) is 2.92. The largest absolute Gasteiger partial charge is 0.370 e. The first-order chi connectivity index (χ1) is 8.26. The van der Waals surface area contributed by atoms with E-state index in [-0.39, 0.29) is 5.95 Å². The number of thioether (sulfide) groups is 1. The molecule has 0 aliphatic heterocycles. The molecule has 0 aliphatic carbocycles. The highest BCUT2D eigenvalue weighted by molar-refractivity contribution is 7.98. The second-order valence-electron chi connectivity index (χ2n) is 3.62. The quantitative estimate of drug-likeness (QED) is 0.316. The van der Waals surface area contributed by atoms with Crippen LogP contribution in [0, 0.1) is 0 Å². The highest BCUT2D eigenvalue weighted by Crippen LogP contribution is 2.11. The van der Waals surface area contributed by atoms with Crippen molar-refractivity contribution in [2.24, 2.45) is 5.84 Å². The lowest BCUT2D eigenvalue weighted by atomic mass is 10.2. The summed E-state index contributed by atoms with van der Waals surface area (Å²) in [6, 6.07) is 1.73. The third kappa shape index (κ3) is 5.60. The third-order valence-electron chi connectivity index (χ3n) is 2.22. The Bertz CT molecular complexity index is 333. The van der Waals surface area contributed by atoms with Gasteiger partial charge in [-0.05, 0) is 24.9 Å². The molecule has 1 rings (SSSR count). The maximum atomic E-state index is 5.54. The number of nitrogens with one attached hydrogen (secondary N) is 2. The first-order valence-electron chi connectivity index (χ1n) is 5.60.